The number of nitrogens with one attached hydrogen (secondary N) is 1. The van der Waals surface area contributed by atoms with Crippen molar-refractivity contribution in [2.75, 3.05) is 13.1 Å². The van der Waals surface area contributed by atoms with Crippen molar-refractivity contribution in [1.29, 1.82) is 0 Å². The van der Waals surface area contributed by atoms with Crippen LogP contribution in [0.15, 0.2) is 30.9 Å². The van der Waals surface area contributed by atoms with Gasteiger partial charge < -0.3 is 10.4 Å². The molecule has 0 radical (unpaired) electrons. The van der Waals surface area contributed by atoms with E-state index in [1.54, 1.807) is 24.7 Å². The van der Waals surface area contributed by atoms with E-state index in [4.69, 9.17) is 0 Å². The van der Waals surface area contributed by atoms with Gasteiger partial charge in [-0.15, -0.1) is 0 Å². The van der Waals surface area contributed by atoms with Crippen molar-refractivity contribution >= 4 is 10.9 Å². The zero-order valence-corrected chi connectivity index (χ0v) is 12.0. The molecule has 1 saturated heterocycles. The molecule has 0 aromatic carbocycles. The summed E-state index contributed by atoms with van der Waals surface area (Å²) in [6.07, 6.45) is 9.18. The predicted octanol–water partition coefficient (Wildman–Crippen LogP) is 1.52. The number of aromatic nitrogens is 5. The van der Waals surface area contributed by atoms with E-state index in [0.717, 1.165) is 31.5 Å². The maximum absolute atomic E-state index is 10.1. The lowest BCUT2D eigenvalue weighted by molar-refractivity contribution is 0.347. The minimum Gasteiger partial charge on any atom is -0.493 e. The van der Waals surface area contributed by atoms with E-state index in [-0.39, 0.29) is 5.88 Å². The number of hydrogen-bond acceptors (Lipinski definition) is 6. The van der Waals surface area contributed by atoms with Crippen LogP contribution < -0.4 is 5.32 Å². The summed E-state index contributed by atoms with van der Waals surface area (Å²) in [4.78, 5) is 12.7. The summed E-state index contributed by atoms with van der Waals surface area (Å²) in [6, 6.07) is 2.06. The highest BCUT2D eigenvalue weighted by molar-refractivity contribution is 5.83. The zero-order valence-electron chi connectivity index (χ0n) is 12.0. The molecule has 1 atom stereocenters. The van der Waals surface area contributed by atoms with Crippen molar-refractivity contribution in [3.05, 3.63) is 30.9 Å². The molecular weight excluding hydrogens is 280 g/mol. The molecular formula is C15H16N6O. The van der Waals surface area contributed by atoms with Crippen LogP contribution in [0, 0.1) is 0 Å². The second kappa shape index (κ2) is 5.34. The van der Waals surface area contributed by atoms with Crippen molar-refractivity contribution in [1.82, 2.24) is 30.0 Å². The Hall–Kier alpha value is -2.54. The number of aromatic hydroxyl groups is 1. The van der Waals surface area contributed by atoms with Gasteiger partial charge in [0, 0.05) is 18.9 Å². The van der Waals surface area contributed by atoms with Gasteiger partial charge in [-0.25, -0.2) is 4.98 Å². The Morgan fingerprint density at radius 3 is 3.09 bits per heavy atom. The number of rotatable bonds is 2. The van der Waals surface area contributed by atoms with Gasteiger partial charge in [0.2, 0.25) is 5.88 Å². The third-order valence-electron chi connectivity index (χ3n) is 3.98. The first-order chi connectivity index (χ1) is 10.8. The average Bonchev–Trinajstić information content (AvgIpc) is 3.06. The van der Waals surface area contributed by atoms with Gasteiger partial charge in [-0.3, -0.25) is 9.67 Å². The molecule has 1 aliphatic rings. The third-order valence-corrected chi connectivity index (χ3v) is 3.98. The molecule has 0 spiro atoms. The lowest BCUT2D eigenvalue weighted by Gasteiger charge is -2.22. The van der Waals surface area contributed by atoms with Gasteiger partial charge in [-0.1, -0.05) is 0 Å². The van der Waals surface area contributed by atoms with Crippen LogP contribution in [-0.2, 0) is 0 Å². The van der Waals surface area contributed by atoms with E-state index in [0.29, 0.717) is 22.8 Å². The van der Waals surface area contributed by atoms with Gasteiger partial charge in [0.25, 0.3) is 0 Å². The van der Waals surface area contributed by atoms with E-state index in [9.17, 15) is 5.11 Å². The topological polar surface area (TPSA) is 88.8 Å². The molecule has 3 aromatic heterocycles. The molecule has 2 N–H and O–H groups in total. The number of piperidine rings is 1. The van der Waals surface area contributed by atoms with Gasteiger partial charge in [0.1, 0.15) is 0 Å². The van der Waals surface area contributed by atoms with Gasteiger partial charge in [0.15, 0.2) is 5.82 Å². The molecule has 112 valence electrons. The summed E-state index contributed by atoms with van der Waals surface area (Å²) in [7, 11) is 0. The molecule has 7 nitrogen and oxygen atoms in total. The van der Waals surface area contributed by atoms with E-state index in [2.05, 4.69) is 25.4 Å². The van der Waals surface area contributed by atoms with Crippen LogP contribution in [-0.4, -0.2) is 42.9 Å². The maximum Gasteiger partial charge on any atom is 0.222 e. The molecule has 1 aliphatic heterocycles. The minimum absolute atomic E-state index is 0.0329. The van der Waals surface area contributed by atoms with Gasteiger partial charge >= 0.3 is 0 Å². The Labute approximate surface area is 127 Å². The van der Waals surface area contributed by atoms with E-state index in [1.807, 2.05) is 10.9 Å². The SMILES string of the molecule is Oc1nc(-c2cnn([C@H]3CCCNC3)c2)nc2cnccc12. The smallest absolute Gasteiger partial charge is 0.222 e. The predicted molar refractivity (Wildman–Crippen MR) is 81.4 cm³/mol. The van der Waals surface area contributed by atoms with Crippen LogP contribution in [0.2, 0.25) is 0 Å². The number of hydrogen-bond donors (Lipinski definition) is 2. The summed E-state index contributed by atoms with van der Waals surface area (Å²) >= 11 is 0. The van der Waals surface area contributed by atoms with Crippen molar-refractivity contribution in [3.63, 3.8) is 0 Å². The van der Waals surface area contributed by atoms with Gasteiger partial charge in [-0.2, -0.15) is 10.1 Å². The molecule has 22 heavy (non-hydrogen) atoms. The Morgan fingerprint density at radius 1 is 1.27 bits per heavy atom. The van der Waals surface area contributed by atoms with Crippen LogP contribution in [0.4, 0.5) is 0 Å². The van der Waals surface area contributed by atoms with E-state index < -0.39 is 0 Å². The first-order valence-corrected chi connectivity index (χ1v) is 7.37. The Morgan fingerprint density at radius 2 is 2.23 bits per heavy atom. The number of pyridine rings is 1. The fourth-order valence-corrected chi connectivity index (χ4v) is 2.81. The highest BCUT2D eigenvalue weighted by Crippen LogP contribution is 2.25. The van der Waals surface area contributed by atoms with Crippen LogP contribution >= 0.6 is 0 Å². The van der Waals surface area contributed by atoms with Crippen LogP contribution in [0.5, 0.6) is 5.88 Å². The molecule has 7 heteroatoms. The number of fused-ring (bicyclic) bond motifs is 1. The fourth-order valence-electron chi connectivity index (χ4n) is 2.81. The summed E-state index contributed by atoms with van der Waals surface area (Å²) in [5.74, 6) is 0.433. The summed E-state index contributed by atoms with van der Waals surface area (Å²) in [6.45, 7) is 1.99. The molecule has 0 saturated carbocycles. The quantitative estimate of drug-likeness (QED) is 0.745. The first kappa shape index (κ1) is 13.1. The first-order valence-electron chi connectivity index (χ1n) is 7.37. The molecule has 0 unspecified atom stereocenters. The molecule has 3 aromatic rings. The van der Waals surface area contributed by atoms with Crippen molar-refractivity contribution in [3.8, 4) is 17.3 Å². The maximum atomic E-state index is 10.1. The van der Waals surface area contributed by atoms with Crippen LogP contribution in [0.25, 0.3) is 22.3 Å². The van der Waals surface area contributed by atoms with Gasteiger partial charge in [0.05, 0.1) is 34.9 Å². The average molecular weight is 296 g/mol. The van der Waals surface area contributed by atoms with Gasteiger partial charge in [-0.05, 0) is 25.5 Å². The highest BCUT2D eigenvalue weighted by Gasteiger charge is 2.17. The lowest BCUT2D eigenvalue weighted by Crippen LogP contribution is -2.31. The molecule has 0 bridgehead atoms. The largest absolute Gasteiger partial charge is 0.493 e. The van der Waals surface area contributed by atoms with Crippen molar-refractivity contribution in [2.45, 2.75) is 18.9 Å². The molecule has 1 fully saturated rings. The van der Waals surface area contributed by atoms with E-state index in [1.165, 1.54) is 0 Å². The lowest BCUT2D eigenvalue weighted by atomic mass is 10.1. The van der Waals surface area contributed by atoms with Crippen molar-refractivity contribution in [2.24, 2.45) is 0 Å². The third kappa shape index (κ3) is 2.29. The molecule has 4 heterocycles. The number of nitrogens with zero attached hydrogens (tertiary/aromatic N) is 5. The summed E-state index contributed by atoms with van der Waals surface area (Å²) < 4.78 is 1.95. The highest BCUT2D eigenvalue weighted by atomic mass is 16.3. The second-order valence-electron chi connectivity index (χ2n) is 5.47. The molecule has 0 aliphatic carbocycles. The second-order valence-corrected chi connectivity index (χ2v) is 5.47. The fraction of sp³-hybridized carbons (Fsp3) is 0.333. The Balaban J connectivity index is 1.71. The molecule has 0 amide bonds. The summed E-state index contributed by atoms with van der Waals surface area (Å²) in [5, 5.41) is 18.5. The summed E-state index contributed by atoms with van der Waals surface area (Å²) in [5.41, 5.74) is 1.42. The Kier molecular flexibility index (Phi) is 3.19. The minimum atomic E-state index is -0.0329. The van der Waals surface area contributed by atoms with Crippen molar-refractivity contribution < 1.29 is 5.11 Å². The van der Waals surface area contributed by atoms with Crippen LogP contribution in [0.3, 0.4) is 0 Å². The Bertz CT molecular complexity index is 809. The molecule has 4 rings (SSSR count). The zero-order chi connectivity index (χ0) is 14.9. The standard InChI is InChI=1S/C15H16N6O/c22-15-12-3-5-17-8-13(12)19-14(20-15)10-6-18-21(9-10)11-2-1-4-16-7-11/h3,5-6,8-9,11,16H,1-2,4,7H2,(H,19,20,22)/t11-/m0/s1. The normalized spacial score (nSPS) is 18.6. The monoisotopic (exact) mass is 296 g/mol. The van der Waals surface area contributed by atoms with Crippen LogP contribution in [0.1, 0.15) is 18.9 Å². The van der Waals surface area contributed by atoms with E-state index >= 15 is 0 Å².